The molecule has 1 unspecified atom stereocenters. The van der Waals surface area contributed by atoms with Crippen molar-refractivity contribution in [2.45, 2.75) is 33.6 Å². The van der Waals surface area contributed by atoms with Gasteiger partial charge in [0, 0.05) is 0 Å². The number of hydrogen-bond donors (Lipinski definition) is 0. The van der Waals surface area contributed by atoms with E-state index in [-0.39, 0.29) is 0 Å². The highest BCUT2D eigenvalue weighted by atomic mass is 16.1. The fourth-order valence-corrected chi connectivity index (χ4v) is 1.51. The summed E-state index contributed by atoms with van der Waals surface area (Å²) in [4.78, 5) is 10.5. The molecule has 0 N–H and O–H groups in total. The lowest BCUT2D eigenvalue weighted by atomic mass is 9.70. The van der Waals surface area contributed by atoms with Gasteiger partial charge < -0.3 is 0 Å². The normalized spacial score (nSPS) is 29.4. The van der Waals surface area contributed by atoms with Crippen molar-refractivity contribution in [3.8, 4) is 0 Å². The summed E-state index contributed by atoms with van der Waals surface area (Å²) < 4.78 is 0. The second kappa shape index (κ2) is 2.80. The molecule has 1 aliphatic carbocycles. The van der Waals surface area contributed by atoms with Crippen LogP contribution < -0.4 is 0 Å². The molecule has 0 aliphatic heterocycles. The predicted molar refractivity (Wildman–Crippen MR) is 46.3 cm³/mol. The third-order valence-electron chi connectivity index (χ3n) is 2.88. The molecule has 1 nitrogen and oxygen atoms in total. The van der Waals surface area contributed by atoms with Crippen LogP contribution in [0.2, 0.25) is 0 Å². The molecule has 0 heterocycles. The molecule has 0 fully saturated rings. The van der Waals surface area contributed by atoms with Crippen molar-refractivity contribution >= 4 is 6.29 Å². The van der Waals surface area contributed by atoms with Crippen LogP contribution in [-0.4, -0.2) is 6.29 Å². The van der Waals surface area contributed by atoms with Gasteiger partial charge in [0.05, 0.1) is 0 Å². The lowest BCUT2D eigenvalue weighted by molar-refractivity contribution is -0.105. The van der Waals surface area contributed by atoms with Crippen molar-refractivity contribution in [1.29, 1.82) is 0 Å². The zero-order chi connectivity index (χ0) is 8.48. The first kappa shape index (κ1) is 8.51. The van der Waals surface area contributed by atoms with Crippen LogP contribution in [0.1, 0.15) is 33.6 Å². The molecule has 1 heteroatoms. The monoisotopic (exact) mass is 152 g/mol. The van der Waals surface area contributed by atoms with E-state index in [0.29, 0.717) is 11.3 Å². The molecule has 0 saturated heterocycles. The molecule has 0 spiro atoms. The quantitative estimate of drug-likeness (QED) is 0.528. The molecule has 0 saturated carbocycles. The number of carbonyl (C=O) groups excluding carboxylic acids is 1. The van der Waals surface area contributed by atoms with Gasteiger partial charge in [-0.2, -0.15) is 0 Å². The number of hydrogen-bond acceptors (Lipinski definition) is 1. The van der Waals surface area contributed by atoms with Crippen LogP contribution in [-0.2, 0) is 4.79 Å². The fraction of sp³-hybridized carbons (Fsp3) is 0.700. The van der Waals surface area contributed by atoms with Gasteiger partial charge >= 0.3 is 0 Å². The number of aldehydes is 1. The predicted octanol–water partition coefficient (Wildman–Crippen LogP) is 2.57. The number of allylic oxidation sites excluding steroid dienone is 2. The van der Waals surface area contributed by atoms with Gasteiger partial charge in [-0.15, -0.1) is 0 Å². The molecule has 0 bridgehead atoms. The largest absolute Gasteiger partial charge is 0.298 e. The van der Waals surface area contributed by atoms with E-state index in [1.165, 1.54) is 0 Å². The van der Waals surface area contributed by atoms with Crippen LogP contribution in [0, 0.1) is 11.3 Å². The molecule has 0 aromatic carbocycles. The van der Waals surface area contributed by atoms with Crippen molar-refractivity contribution in [3.63, 3.8) is 0 Å². The molecular formula is C10H16O. The zero-order valence-corrected chi connectivity index (χ0v) is 7.55. The van der Waals surface area contributed by atoms with E-state index in [9.17, 15) is 4.79 Å². The van der Waals surface area contributed by atoms with Crippen molar-refractivity contribution in [1.82, 2.24) is 0 Å². The first-order valence-electron chi connectivity index (χ1n) is 4.20. The van der Waals surface area contributed by atoms with Gasteiger partial charge in [0.2, 0.25) is 0 Å². The minimum absolute atomic E-state index is 0.311. The summed E-state index contributed by atoms with van der Waals surface area (Å²) in [5, 5.41) is 0. The highest BCUT2D eigenvalue weighted by Gasteiger charge is 2.29. The summed E-state index contributed by atoms with van der Waals surface area (Å²) in [7, 11) is 0. The van der Waals surface area contributed by atoms with Gasteiger partial charge in [0.15, 0.2) is 0 Å². The van der Waals surface area contributed by atoms with E-state index in [1.807, 2.05) is 0 Å². The summed E-state index contributed by atoms with van der Waals surface area (Å²) in [5.41, 5.74) is 1.29. The first-order valence-corrected chi connectivity index (χ1v) is 4.20. The first-order chi connectivity index (χ1) is 5.06. The summed E-state index contributed by atoms with van der Waals surface area (Å²) >= 11 is 0. The van der Waals surface area contributed by atoms with Gasteiger partial charge in [0.25, 0.3) is 0 Å². The highest BCUT2D eigenvalue weighted by Crippen LogP contribution is 2.39. The molecule has 11 heavy (non-hydrogen) atoms. The Labute approximate surface area is 68.5 Å². The maximum Gasteiger partial charge on any atom is 0.145 e. The van der Waals surface area contributed by atoms with E-state index in [4.69, 9.17) is 0 Å². The Morgan fingerprint density at radius 3 is 2.73 bits per heavy atom. The smallest absolute Gasteiger partial charge is 0.145 e. The van der Waals surface area contributed by atoms with Crippen LogP contribution in [0.3, 0.4) is 0 Å². The van der Waals surface area contributed by atoms with Crippen LogP contribution in [0.5, 0.6) is 0 Å². The molecular weight excluding hydrogens is 136 g/mol. The standard InChI is InChI=1S/C10H16O/c1-8-4-5-9(7-11)6-10(8,2)3/h5,7-8H,4,6H2,1-3H3. The third kappa shape index (κ3) is 1.70. The van der Waals surface area contributed by atoms with Gasteiger partial charge in [0.1, 0.15) is 6.29 Å². The summed E-state index contributed by atoms with van der Waals surface area (Å²) in [6, 6.07) is 0. The van der Waals surface area contributed by atoms with Crippen molar-refractivity contribution < 1.29 is 4.79 Å². The van der Waals surface area contributed by atoms with Gasteiger partial charge in [-0.3, -0.25) is 4.79 Å². The van der Waals surface area contributed by atoms with Crippen LogP contribution in [0.4, 0.5) is 0 Å². The van der Waals surface area contributed by atoms with E-state index >= 15 is 0 Å². The SMILES string of the molecule is CC1CC=C(C=O)CC1(C)C. The Morgan fingerprint density at radius 2 is 2.27 bits per heavy atom. The van der Waals surface area contributed by atoms with Crippen LogP contribution >= 0.6 is 0 Å². The lowest BCUT2D eigenvalue weighted by Gasteiger charge is -2.34. The maximum atomic E-state index is 10.5. The topological polar surface area (TPSA) is 17.1 Å². The second-order valence-corrected chi connectivity index (χ2v) is 4.20. The van der Waals surface area contributed by atoms with Gasteiger partial charge in [-0.1, -0.05) is 26.8 Å². The Kier molecular flexibility index (Phi) is 2.17. The lowest BCUT2D eigenvalue weighted by Crippen LogP contribution is -2.25. The molecule has 0 aromatic rings. The van der Waals surface area contributed by atoms with Gasteiger partial charge in [-0.25, -0.2) is 0 Å². The van der Waals surface area contributed by atoms with Crippen molar-refractivity contribution in [2.75, 3.05) is 0 Å². The molecule has 0 amide bonds. The average Bonchev–Trinajstić information content (AvgIpc) is 1.95. The Bertz CT molecular complexity index is 189. The number of rotatable bonds is 1. The van der Waals surface area contributed by atoms with E-state index in [2.05, 4.69) is 26.8 Å². The molecule has 1 rings (SSSR count). The van der Waals surface area contributed by atoms with Gasteiger partial charge in [-0.05, 0) is 29.7 Å². The summed E-state index contributed by atoms with van der Waals surface area (Å²) in [6.45, 7) is 6.71. The van der Waals surface area contributed by atoms with E-state index < -0.39 is 0 Å². The average molecular weight is 152 g/mol. The molecule has 62 valence electrons. The van der Waals surface area contributed by atoms with E-state index in [0.717, 1.165) is 24.7 Å². The Morgan fingerprint density at radius 1 is 1.64 bits per heavy atom. The maximum absolute atomic E-state index is 10.5. The van der Waals surface area contributed by atoms with Crippen molar-refractivity contribution in [3.05, 3.63) is 11.6 Å². The summed E-state index contributed by atoms with van der Waals surface area (Å²) in [5.74, 6) is 0.700. The Hall–Kier alpha value is -0.590. The minimum Gasteiger partial charge on any atom is -0.298 e. The fourth-order valence-electron chi connectivity index (χ4n) is 1.51. The van der Waals surface area contributed by atoms with E-state index in [1.54, 1.807) is 0 Å². The highest BCUT2D eigenvalue weighted by molar-refractivity contribution is 5.73. The molecule has 0 aromatic heterocycles. The third-order valence-corrected chi connectivity index (χ3v) is 2.88. The van der Waals surface area contributed by atoms with Crippen LogP contribution in [0.25, 0.3) is 0 Å². The molecule has 0 radical (unpaired) electrons. The molecule has 1 atom stereocenters. The van der Waals surface area contributed by atoms with Crippen molar-refractivity contribution in [2.24, 2.45) is 11.3 Å². The Balaban J connectivity index is 2.76. The molecule has 1 aliphatic rings. The zero-order valence-electron chi connectivity index (χ0n) is 7.55. The summed E-state index contributed by atoms with van der Waals surface area (Å²) in [6.07, 6.45) is 5.06. The minimum atomic E-state index is 0.311. The number of carbonyl (C=O) groups is 1. The van der Waals surface area contributed by atoms with Crippen LogP contribution in [0.15, 0.2) is 11.6 Å². The second-order valence-electron chi connectivity index (χ2n) is 4.20.